The third-order valence-corrected chi connectivity index (χ3v) is 8.19. The minimum absolute atomic E-state index is 0.0731. The maximum atomic E-state index is 12.6. The molecule has 1 saturated carbocycles. The van der Waals surface area contributed by atoms with Gasteiger partial charge >= 0.3 is 0 Å². The summed E-state index contributed by atoms with van der Waals surface area (Å²) in [5.74, 6) is 0.141. The van der Waals surface area contributed by atoms with Gasteiger partial charge in [-0.05, 0) is 48.2 Å². The lowest BCUT2D eigenvalue weighted by Gasteiger charge is -2.15. The van der Waals surface area contributed by atoms with Crippen LogP contribution in [0.15, 0.2) is 34.3 Å². The van der Waals surface area contributed by atoms with E-state index < -0.39 is 10.0 Å². The highest BCUT2D eigenvalue weighted by molar-refractivity contribution is 7.99. The quantitative estimate of drug-likeness (QED) is 0.500. The van der Waals surface area contributed by atoms with Crippen LogP contribution in [0.5, 0.6) is 0 Å². The monoisotopic (exact) mass is 421 g/mol. The highest BCUT2D eigenvalue weighted by Gasteiger charge is 2.27. The predicted molar refractivity (Wildman–Crippen MR) is 105 cm³/mol. The third kappa shape index (κ3) is 3.99. The Bertz CT molecular complexity index is 930. The van der Waals surface area contributed by atoms with E-state index >= 15 is 0 Å². The SMILES string of the molecule is O=C(CSc1nnnn1C1CCCC1)c1ccc(S(=O)(=O)N2CCCC2)cc1. The van der Waals surface area contributed by atoms with Gasteiger partial charge in [-0.3, -0.25) is 4.79 Å². The first-order valence-electron chi connectivity index (χ1n) is 9.60. The smallest absolute Gasteiger partial charge is 0.243 e. The Morgan fingerprint density at radius 2 is 1.75 bits per heavy atom. The topological polar surface area (TPSA) is 98.0 Å². The van der Waals surface area contributed by atoms with Crippen LogP contribution in [0.2, 0.25) is 0 Å². The molecule has 0 unspecified atom stereocenters. The summed E-state index contributed by atoms with van der Waals surface area (Å²) in [5.41, 5.74) is 0.493. The normalized spacial score (nSPS) is 18.7. The van der Waals surface area contributed by atoms with E-state index in [1.54, 1.807) is 12.1 Å². The molecule has 0 spiro atoms. The van der Waals surface area contributed by atoms with E-state index in [0.717, 1.165) is 25.7 Å². The summed E-state index contributed by atoms with van der Waals surface area (Å²) in [6.07, 6.45) is 6.29. The van der Waals surface area contributed by atoms with E-state index in [1.807, 2.05) is 4.68 Å². The zero-order valence-corrected chi connectivity index (χ0v) is 17.2. The molecule has 1 aliphatic carbocycles. The Balaban J connectivity index is 1.40. The lowest BCUT2D eigenvalue weighted by atomic mass is 10.1. The van der Waals surface area contributed by atoms with Gasteiger partial charge in [0.2, 0.25) is 15.2 Å². The van der Waals surface area contributed by atoms with E-state index in [0.29, 0.717) is 29.9 Å². The number of hydrogen-bond acceptors (Lipinski definition) is 7. The summed E-state index contributed by atoms with van der Waals surface area (Å²) in [7, 11) is -3.46. The summed E-state index contributed by atoms with van der Waals surface area (Å²) in [6, 6.07) is 6.54. The lowest BCUT2D eigenvalue weighted by Crippen LogP contribution is -2.27. The minimum Gasteiger partial charge on any atom is -0.293 e. The summed E-state index contributed by atoms with van der Waals surface area (Å²) >= 11 is 1.32. The number of rotatable bonds is 7. The van der Waals surface area contributed by atoms with E-state index in [-0.39, 0.29) is 16.4 Å². The summed E-state index contributed by atoms with van der Waals surface area (Å²) in [6.45, 7) is 1.13. The van der Waals surface area contributed by atoms with Crippen molar-refractivity contribution in [3.8, 4) is 0 Å². The van der Waals surface area contributed by atoms with Crippen LogP contribution in [-0.2, 0) is 10.0 Å². The van der Waals surface area contributed by atoms with Crippen LogP contribution in [0.3, 0.4) is 0 Å². The van der Waals surface area contributed by atoms with Gasteiger partial charge in [-0.2, -0.15) is 4.31 Å². The fourth-order valence-electron chi connectivity index (χ4n) is 3.76. The molecule has 28 heavy (non-hydrogen) atoms. The molecule has 1 aromatic heterocycles. The Kier molecular flexibility index (Phi) is 5.79. The highest BCUT2D eigenvalue weighted by Crippen LogP contribution is 2.31. The van der Waals surface area contributed by atoms with Crippen LogP contribution in [0, 0.1) is 0 Å². The zero-order chi connectivity index (χ0) is 19.6. The second-order valence-electron chi connectivity index (χ2n) is 7.19. The van der Waals surface area contributed by atoms with Gasteiger partial charge in [0.05, 0.1) is 16.7 Å². The zero-order valence-electron chi connectivity index (χ0n) is 15.5. The van der Waals surface area contributed by atoms with Gasteiger partial charge < -0.3 is 0 Å². The summed E-state index contributed by atoms with van der Waals surface area (Å²) < 4.78 is 28.5. The van der Waals surface area contributed by atoms with Crippen LogP contribution < -0.4 is 0 Å². The van der Waals surface area contributed by atoms with Crippen molar-refractivity contribution in [3.05, 3.63) is 29.8 Å². The van der Waals surface area contributed by atoms with Gasteiger partial charge in [-0.25, -0.2) is 13.1 Å². The molecule has 8 nitrogen and oxygen atoms in total. The fraction of sp³-hybridized carbons (Fsp3) is 0.556. The van der Waals surface area contributed by atoms with Crippen molar-refractivity contribution < 1.29 is 13.2 Å². The summed E-state index contributed by atoms with van der Waals surface area (Å²) in [5, 5.41) is 12.5. The minimum atomic E-state index is -3.46. The molecule has 0 atom stereocenters. The Morgan fingerprint density at radius 1 is 1.07 bits per heavy atom. The Morgan fingerprint density at radius 3 is 2.43 bits per heavy atom. The molecule has 2 fully saturated rings. The molecule has 0 bridgehead atoms. The molecule has 10 heteroatoms. The van der Waals surface area contributed by atoms with Crippen LogP contribution in [0.25, 0.3) is 0 Å². The molecular formula is C18H23N5O3S2. The van der Waals surface area contributed by atoms with Gasteiger partial charge in [0.1, 0.15) is 0 Å². The molecule has 2 aromatic rings. The number of thioether (sulfide) groups is 1. The van der Waals surface area contributed by atoms with Crippen molar-refractivity contribution in [2.24, 2.45) is 0 Å². The highest BCUT2D eigenvalue weighted by atomic mass is 32.2. The van der Waals surface area contributed by atoms with Crippen molar-refractivity contribution in [1.29, 1.82) is 0 Å². The second kappa shape index (κ2) is 8.30. The third-order valence-electron chi connectivity index (χ3n) is 5.34. The van der Waals surface area contributed by atoms with Gasteiger partial charge in [-0.1, -0.05) is 36.7 Å². The first-order chi connectivity index (χ1) is 13.6. The molecule has 4 rings (SSSR count). The van der Waals surface area contributed by atoms with E-state index in [2.05, 4.69) is 15.5 Å². The first kappa shape index (κ1) is 19.5. The number of aromatic nitrogens is 4. The molecule has 2 aliphatic rings. The Hall–Kier alpha value is -1.78. The van der Waals surface area contributed by atoms with E-state index in [9.17, 15) is 13.2 Å². The maximum Gasteiger partial charge on any atom is 0.243 e. The number of carbonyl (C=O) groups is 1. The van der Waals surface area contributed by atoms with E-state index in [1.165, 1.54) is 41.0 Å². The van der Waals surface area contributed by atoms with Crippen molar-refractivity contribution in [2.45, 2.75) is 54.6 Å². The molecule has 1 aromatic carbocycles. The molecule has 150 valence electrons. The number of sulfonamides is 1. The number of ketones is 1. The first-order valence-corrected chi connectivity index (χ1v) is 12.0. The van der Waals surface area contributed by atoms with Gasteiger partial charge in [-0.15, -0.1) is 5.10 Å². The predicted octanol–water partition coefficient (Wildman–Crippen LogP) is 2.55. The molecule has 0 radical (unpaired) electrons. The van der Waals surface area contributed by atoms with Crippen molar-refractivity contribution >= 4 is 27.6 Å². The summed E-state index contributed by atoms with van der Waals surface area (Å²) in [4.78, 5) is 12.8. The number of tetrazole rings is 1. The lowest BCUT2D eigenvalue weighted by molar-refractivity contribution is 0.102. The molecule has 0 amide bonds. The average molecular weight is 422 g/mol. The van der Waals surface area contributed by atoms with Crippen molar-refractivity contribution in [1.82, 2.24) is 24.5 Å². The maximum absolute atomic E-state index is 12.6. The standard InChI is InChI=1S/C18H23N5O3S2/c24-17(13-27-18-19-20-21-23(18)15-5-1-2-6-15)14-7-9-16(10-8-14)28(25,26)22-11-3-4-12-22/h7-10,15H,1-6,11-13H2. The van der Waals surface area contributed by atoms with Gasteiger partial charge in [0.15, 0.2) is 5.78 Å². The molecular weight excluding hydrogens is 398 g/mol. The number of nitrogens with zero attached hydrogens (tertiary/aromatic N) is 5. The van der Waals surface area contributed by atoms with Crippen molar-refractivity contribution in [2.75, 3.05) is 18.8 Å². The molecule has 1 aliphatic heterocycles. The van der Waals surface area contributed by atoms with Crippen LogP contribution in [0.4, 0.5) is 0 Å². The second-order valence-corrected chi connectivity index (χ2v) is 10.1. The average Bonchev–Trinajstić information content (AvgIpc) is 3.48. The van der Waals surface area contributed by atoms with Crippen LogP contribution in [0.1, 0.15) is 54.9 Å². The van der Waals surface area contributed by atoms with E-state index in [4.69, 9.17) is 0 Å². The van der Waals surface area contributed by atoms with Gasteiger partial charge in [0, 0.05) is 18.7 Å². The van der Waals surface area contributed by atoms with Crippen LogP contribution in [-0.4, -0.2) is 57.6 Å². The van der Waals surface area contributed by atoms with Crippen LogP contribution >= 0.6 is 11.8 Å². The molecule has 1 saturated heterocycles. The fourth-order valence-corrected chi connectivity index (χ4v) is 6.12. The number of Topliss-reactive ketones (excluding diaryl/α,β-unsaturated/α-hetero) is 1. The molecule has 0 N–H and O–H groups in total. The molecule has 2 heterocycles. The number of carbonyl (C=O) groups excluding carboxylic acids is 1. The largest absolute Gasteiger partial charge is 0.293 e. The van der Waals surface area contributed by atoms with Crippen molar-refractivity contribution in [3.63, 3.8) is 0 Å². The van der Waals surface area contributed by atoms with Gasteiger partial charge in [0.25, 0.3) is 0 Å². The Labute approximate surface area is 168 Å². The number of benzene rings is 1. The number of hydrogen-bond donors (Lipinski definition) is 0.